The van der Waals surface area contributed by atoms with Crippen LogP contribution in [0.25, 0.3) is 27.7 Å². The van der Waals surface area contributed by atoms with Crippen LogP contribution >= 0.6 is 0 Å². The summed E-state index contributed by atoms with van der Waals surface area (Å²) >= 11 is 0. The molecule has 6 nitrogen and oxygen atoms in total. The number of benzene rings is 1. The number of para-hydroxylation sites is 2. The molecule has 31 heavy (non-hydrogen) atoms. The number of aromatic nitrogens is 3. The van der Waals surface area contributed by atoms with E-state index in [1.807, 2.05) is 40.9 Å². The number of pyridine rings is 2. The van der Waals surface area contributed by atoms with Crippen molar-refractivity contribution >= 4 is 39.4 Å². The molecule has 1 fully saturated rings. The molecule has 160 valence electrons. The molecule has 6 heteroatoms. The Kier molecular flexibility index (Phi) is 5.22. The molecule has 5 rings (SSSR count). The van der Waals surface area contributed by atoms with E-state index >= 15 is 0 Å². The molecule has 1 aliphatic rings. The van der Waals surface area contributed by atoms with E-state index in [2.05, 4.69) is 21.8 Å². The van der Waals surface area contributed by atoms with Crippen molar-refractivity contribution in [3.63, 3.8) is 0 Å². The zero-order chi connectivity index (χ0) is 21.4. The van der Waals surface area contributed by atoms with Crippen molar-refractivity contribution in [2.24, 2.45) is 5.92 Å². The van der Waals surface area contributed by atoms with Crippen molar-refractivity contribution in [2.45, 2.75) is 45.4 Å². The topological polar surface area (TPSA) is 70.7 Å². The summed E-state index contributed by atoms with van der Waals surface area (Å²) in [4.78, 5) is 23.9. The summed E-state index contributed by atoms with van der Waals surface area (Å²) in [7, 11) is 0. The van der Waals surface area contributed by atoms with E-state index < -0.39 is 5.97 Å². The maximum absolute atomic E-state index is 12.2. The first kappa shape index (κ1) is 19.8. The van der Waals surface area contributed by atoms with Gasteiger partial charge in [0.15, 0.2) is 5.65 Å². The summed E-state index contributed by atoms with van der Waals surface area (Å²) in [5, 5.41) is 10.8. The van der Waals surface area contributed by atoms with Crippen molar-refractivity contribution in [3.05, 3.63) is 48.2 Å². The van der Waals surface area contributed by atoms with Crippen LogP contribution in [0.2, 0.25) is 0 Å². The first-order chi connectivity index (χ1) is 15.1. The van der Waals surface area contributed by atoms with Gasteiger partial charge < -0.3 is 10.0 Å². The second kappa shape index (κ2) is 8.17. The number of fused-ring (bicyclic) bond motifs is 5. The second-order valence-electron chi connectivity index (χ2n) is 8.77. The summed E-state index contributed by atoms with van der Waals surface area (Å²) < 4.78 is 1.90. The Labute approximate surface area is 181 Å². The Bertz CT molecular complexity index is 1260. The number of carbonyl (C=O) groups is 1. The highest BCUT2D eigenvalue weighted by Gasteiger charge is 2.21. The molecule has 0 aliphatic carbocycles. The van der Waals surface area contributed by atoms with Crippen molar-refractivity contribution in [3.8, 4) is 0 Å². The van der Waals surface area contributed by atoms with Gasteiger partial charge in [0.25, 0.3) is 0 Å². The summed E-state index contributed by atoms with van der Waals surface area (Å²) in [6, 6.07) is 11.6. The number of imidazole rings is 1. The van der Waals surface area contributed by atoms with Crippen LogP contribution in [0.4, 0.5) is 5.69 Å². The lowest BCUT2D eigenvalue weighted by molar-refractivity contribution is 0.0698. The monoisotopic (exact) mass is 416 g/mol. The minimum Gasteiger partial charge on any atom is -0.478 e. The predicted molar refractivity (Wildman–Crippen MR) is 124 cm³/mol. The summed E-state index contributed by atoms with van der Waals surface area (Å²) in [6.07, 6.45) is 9.22. The van der Waals surface area contributed by atoms with Gasteiger partial charge in [0.1, 0.15) is 11.2 Å². The first-order valence-corrected chi connectivity index (χ1v) is 11.3. The molecule has 1 atom stereocenters. The van der Waals surface area contributed by atoms with Crippen LogP contribution in [0.15, 0.2) is 42.6 Å². The van der Waals surface area contributed by atoms with Crippen LogP contribution < -0.4 is 4.90 Å². The largest absolute Gasteiger partial charge is 0.478 e. The van der Waals surface area contributed by atoms with E-state index in [0.717, 1.165) is 59.6 Å². The summed E-state index contributed by atoms with van der Waals surface area (Å²) in [6.45, 7) is 4.32. The van der Waals surface area contributed by atoms with Gasteiger partial charge >= 0.3 is 5.97 Å². The number of hydrogen-bond acceptors (Lipinski definition) is 4. The van der Waals surface area contributed by atoms with Gasteiger partial charge in [-0.2, -0.15) is 0 Å². The van der Waals surface area contributed by atoms with Crippen LogP contribution in [-0.2, 0) is 0 Å². The molecule has 1 unspecified atom stereocenters. The van der Waals surface area contributed by atoms with Crippen molar-refractivity contribution in [1.29, 1.82) is 0 Å². The standard InChI is InChI=1S/C25H28N4O2/c1-17-8-3-2-6-14-28(15-7-9-17)21-12-13-26-23-18(21)16-19(25(30)31)24-27-20-10-4-5-11-22(20)29(23)24/h4-5,10-13,16-17H,2-3,6-9,14-15H2,1H3,(H,30,31). The normalized spacial score (nSPS) is 18.6. The highest BCUT2D eigenvalue weighted by molar-refractivity contribution is 6.04. The summed E-state index contributed by atoms with van der Waals surface area (Å²) in [5.74, 6) is -0.198. The predicted octanol–water partition coefficient (Wildman–Crippen LogP) is 5.53. The smallest absolute Gasteiger partial charge is 0.339 e. The van der Waals surface area contributed by atoms with Crippen LogP contribution in [-0.4, -0.2) is 38.5 Å². The fourth-order valence-electron chi connectivity index (χ4n) is 4.93. The molecular formula is C25H28N4O2. The Morgan fingerprint density at radius 2 is 1.84 bits per heavy atom. The SMILES string of the molecule is CC1CCCCCN(c2ccnc3c2cc(C(=O)O)c2nc4ccccc4n23)CCC1. The van der Waals surface area contributed by atoms with E-state index in [0.29, 0.717) is 5.65 Å². The van der Waals surface area contributed by atoms with Crippen LogP contribution in [0.1, 0.15) is 55.8 Å². The molecular weight excluding hydrogens is 388 g/mol. The Morgan fingerprint density at radius 3 is 2.71 bits per heavy atom. The van der Waals surface area contributed by atoms with Gasteiger partial charge in [0.05, 0.1) is 11.0 Å². The number of nitrogens with zero attached hydrogens (tertiary/aromatic N) is 4. The number of hydrogen-bond donors (Lipinski definition) is 1. The molecule has 1 N–H and O–H groups in total. The molecule has 3 aromatic heterocycles. The van der Waals surface area contributed by atoms with Gasteiger partial charge in [-0.1, -0.05) is 38.3 Å². The average Bonchev–Trinajstić information content (AvgIpc) is 3.16. The minimum absolute atomic E-state index is 0.215. The first-order valence-electron chi connectivity index (χ1n) is 11.3. The highest BCUT2D eigenvalue weighted by Crippen LogP contribution is 2.32. The van der Waals surface area contributed by atoms with Crippen molar-refractivity contribution in [1.82, 2.24) is 14.4 Å². The fourth-order valence-corrected chi connectivity index (χ4v) is 4.93. The zero-order valence-corrected chi connectivity index (χ0v) is 17.9. The van der Waals surface area contributed by atoms with Gasteiger partial charge in [-0.15, -0.1) is 0 Å². The van der Waals surface area contributed by atoms with E-state index in [4.69, 9.17) is 0 Å². The number of rotatable bonds is 2. The van der Waals surface area contributed by atoms with Gasteiger partial charge in [-0.3, -0.25) is 4.40 Å². The molecule has 0 radical (unpaired) electrons. The zero-order valence-electron chi connectivity index (χ0n) is 17.9. The summed E-state index contributed by atoms with van der Waals surface area (Å²) in [5.41, 5.74) is 4.15. The van der Waals surface area contributed by atoms with E-state index in [9.17, 15) is 9.90 Å². The fraction of sp³-hybridized carbons (Fsp3) is 0.400. The van der Waals surface area contributed by atoms with Gasteiger partial charge in [0.2, 0.25) is 0 Å². The minimum atomic E-state index is -0.966. The lowest BCUT2D eigenvalue weighted by Crippen LogP contribution is -2.27. The number of carboxylic acid groups (broad SMARTS) is 1. The third kappa shape index (κ3) is 3.60. The third-order valence-electron chi connectivity index (χ3n) is 6.57. The maximum Gasteiger partial charge on any atom is 0.339 e. The van der Waals surface area contributed by atoms with Gasteiger partial charge in [0, 0.05) is 30.4 Å². The maximum atomic E-state index is 12.2. The highest BCUT2D eigenvalue weighted by atomic mass is 16.4. The van der Waals surface area contributed by atoms with Crippen LogP contribution in [0.5, 0.6) is 0 Å². The molecule has 1 aliphatic heterocycles. The van der Waals surface area contributed by atoms with E-state index in [1.54, 1.807) is 6.07 Å². The lowest BCUT2D eigenvalue weighted by atomic mass is 9.97. The lowest BCUT2D eigenvalue weighted by Gasteiger charge is -2.28. The third-order valence-corrected chi connectivity index (χ3v) is 6.57. The molecule has 4 aromatic rings. The molecule has 1 saturated heterocycles. The quantitative estimate of drug-likeness (QED) is 0.465. The Balaban J connectivity index is 1.71. The molecule has 0 bridgehead atoms. The van der Waals surface area contributed by atoms with Gasteiger partial charge in [-0.25, -0.2) is 14.8 Å². The Morgan fingerprint density at radius 1 is 1.03 bits per heavy atom. The molecule has 4 heterocycles. The average molecular weight is 417 g/mol. The number of aromatic carboxylic acids is 1. The van der Waals surface area contributed by atoms with E-state index in [1.165, 1.54) is 25.7 Å². The van der Waals surface area contributed by atoms with Crippen molar-refractivity contribution in [2.75, 3.05) is 18.0 Å². The van der Waals surface area contributed by atoms with Crippen LogP contribution in [0, 0.1) is 5.92 Å². The molecule has 0 saturated carbocycles. The number of carboxylic acids is 1. The molecule has 1 aromatic carbocycles. The van der Waals surface area contributed by atoms with Gasteiger partial charge in [-0.05, 0) is 49.4 Å². The molecule has 0 amide bonds. The Hall–Kier alpha value is -3.15. The molecule has 0 spiro atoms. The van der Waals surface area contributed by atoms with E-state index in [-0.39, 0.29) is 5.56 Å². The van der Waals surface area contributed by atoms with Crippen LogP contribution in [0.3, 0.4) is 0 Å². The number of anilines is 1. The second-order valence-corrected chi connectivity index (χ2v) is 8.77. The van der Waals surface area contributed by atoms with Crippen molar-refractivity contribution < 1.29 is 9.90 Å².